The molecule has 0 spiro atoms. The lowest BCUT2D eigenvalue weighted by atomic mass is 10.0. The van der Waals surface area contributed by atoms with Gasteiger partial charge in [0.25, 0.3) is 0 Å². The summed E-state index contributed by atoms with van der Waals surface area (Å²) in [4.78, 5) is 4.32. The summed E-state index contributed by atoms with van der Waals surface area (Å²) in [6.45, 7) is 3.38. The molecule has 2 heterocycles. The van der Waals surface area contributed by atoms with Crippen LogP contribution in [-0.4, -0.2) is 21.4 Å². The highest BCUT2D eigenvalue weighted by molar-refractivity contribution is 6.30. The first-order valence-electron chi connectivity index (χ1n) is 8.64. The van der Waals surface area contributed by atoms with Crippen LogP contribution in [0.1, 0.15) is 37.8 Å². The molecule has 2 aromatic heterocycles. The van der Waals surface area contributed by atoms with Crippen molar-refractivity contribution in [2.24, 2.45) is 5.73 Å². The van der Waals surface area contributed by atoms with Gasteiger partial charge in [0.2, 0.25) is 5.88 Å². The van der Waals surface area contributed by atoms with Gasteiger partial charge >= 0.3 is 0 Å². The molecule has 5 nitrogen and oxygen atoms in total. The summed E-state index contributed by atoms with van der Waals surface area (Å²) >= 11 is 6.08. The van der Waals surface area contributed by atoms with Gasteiger partial charge < -0.3 is 10.5 Å². The molecule has 2 N–H and O–H groups in total. The first kappa shape index (κ1) is 17.7. The normalized spacial score (nSPS) is 12.4. The Bertz CT molecular complexity index is 819. The maximum Gasteiger partial charge on any atom is 0.241 e. The van der Waals surface area contributed by atoms with Crippen LogP contribution in [0, 0.1) is 0 Å². The largest absolute Gasteiger partial charge is 0.476 e. The molecule has 0 amide bonds. The number of nitrogens with zero attached hydrogens (tertiary/aromatic N) is 3. The van der Waals surface area contributed by atoms with Gasteiger partial charge in [0.05, 0.1) is 12.8 Å². The lowest BCUT2D eigenvalue weighted by molar-refractivity contribution is 0.294. The maximum atomic E-state index is 6.22. The zero-order valence-corrected chi connectivity index (χ0v) is 15.1. The maximum absolute atomic E-state index is 6.22. The standard InChI is InChI=1S/C19H23ClN4O/c1-2-24-18-15(13-22-24)12-17(20)23-19(18)25-11-7-6-10-16(21)14-8-4-3-5-9-14/h3-5,8-9,12-13,16H,2,6-7,10-11,21H2,1H3. The van der Waals surface area contributed by atoms with E-state index in [1.54, 1.807) is 6.20 Å². The quantitative estimate of drug-likeness (QED) is 0.480. The average Bonchev–Trinajstić information content (AvgIpc) is 3.04. The first-order chi connectivity index (χ1) is 12.2. The number of fused-ring (bicyclic) bond motifs is 1. The van der Waals surface area contributed by atoms with Crippen LogP contribution < -0.4 is 10.5 Å². The topological polar surface area (TPSA) is 66.0 Å². The number of benzene rings is 1. The molecule has 0 saturated carbocycles. The number of unbranched alkanes of at least 4 members (excludes halogenated alkanes) is 1. The number of pyridine rings is 1. The summed E-state index contributed by atoms with van der Waals surface area (Å²) in [5.41, 5.74) is 8.30. The summed E-state index contributed by atoms with van der Waals surface area (Å²) < 4.78 is 7.77. The van der Waals surface area contributed by atoms with Crippen molar-refractivity contribution in [3.8, 4) is 5.88 Å². The molecule has 0 radical (unpaired) electrons. The third-order valence-corrected chi connectivity index (χ3v) is 4.42. The van der Waals surface area contributed by atoms with Gasteiger partial charge in [-0.2, -0.15) is 10.1 Å². The molecule has 3 aromatic rings. The van der Waals surface area contributed by atoms with Crippen LogP contribution in [0.2, 0.25) is 5.15 Å². The van der Waals surface area contributed by atoms with Crippen molar-refractivity contribution in [1.29, 1.82) is 0 Å². The lowest BCUT2D eigenvalue weighted by Crippen LogP contribution is -2.10. The number of hydrogen-bond acceptors (Lipinski definition) is 4. The Morgan fingerprint density at radius 2 is 2.04 bits per heavy atom. The summed E-state index contributed by atoms with van der Waals surface area (Å²) in [7, 11) is 0. The molecular weight excluding hydrogens is 336 g/mol. The monoisotopic (exact) mass is 358 g/mol. The Balaban J connectivity index is 1.54. The third kappa shape index (κ3) is 4.30. The number of aryl methyl sites for hydroxylation is 1. The van der Waals surface area contributed by atoms with E-state index in [1.807, 2.05) is 35.9 Å². The van der Waals surface area contributed by atoms with E-state index < -0.39 is 0 Å². The average molecular weight is 359 g/mol. The minimum Gasteiger partial charge on any atom is -0.476 e. The van der Waals surface area contributed by atoms with Crippen molar-refractivity contribution in [2.75, 3.05) is 6.61 Å². The van der Waals surface area contributed by atoms with E-state index >= 15 is 0 Å². The zero-order chi connectivity index (χ0) is 17.6. The van der Waals surface area contributed by atoms with E-state index in [9.17, 15) is 0 Å². The highest BCUT2D eigenvalue weighted by Crippen LogP contribution is 2.27. The van der Waals surface area contributed by atoms with Crippen LogP contribution in [0.25, 0.3) is 10.9 Å². The summed E-state index contributed by atoms with van der Waals surface area (Å²) in [6, 6.07) is 12.1. The number of ether oxygens (including phenoxy) is 1. The molecule has 1 unspecified atom stereocenters. The van der Waals surface area contributed by atoms with Gasteiger partial charge in [0.15, 0.2) is 0 Å². The molecule has 3 rings (SSSR count). The summed E-state index contributed by atoms with van der Waals surface area (Å²) in [5.74, 6) is 0.550. The highest BCUT2D eigenvalue weighted by atomic mass is 35.5. The smallest absolute Gasteiger partial charge is 0.241 e. The second kappa shape index (κ2) is 8.32. The number of hydrogen-bond donors (Lipinski definition) is 1. The second-order valence-corrected chi connectivity index (χ2v) is 6.40. The minimum absolute atomic E-state index is 0.0683. The molecule has 0 saturated heterocycles. The van der Waals surface area contributed by atoms with Gasteiger partial charge in [0, 0.05) is 18.0 Å². The molecule has 0 fully saturated rings. The zero-order valence-electron chi connectivity index (χ0n) is 14.4. The lowest BCUT2D eigenvalue weighted by Gasteiger charge is -2.12. The van der Waals surface area contributed by atoms with E-state index in [4.69, 9.17) is 22.1 Å². The molecule has 0 aliphatic carbocycles. The fourth-order valence-corrected chi connectivity index (χ4v) is 3.09. The van der Waals surface area contributed by atoms with Gasteiger partial charge in [-0.15, -0.1) is 0 Å². The number of aromatic nitrogens is 3. The van der Waals surface area contributed by atoms with Gasteiger partial charge in [-0.25, -0.2) is 0 Å². The van der Waals surface area contributed by atoms with E-state index in [1.165, 1.54) is 5.56 Å². The molecular formula is C19H23ClN4O. The fraction of sp³-hybridized carbons (Fsp3) is 0.368. The van der Waals surface area contributed by atoms with Crippen molar-refractivity contribution in [3.05, 3.63) is 53.3 Å². The fourth-order valence-electron chi connectivity index (χ4n) is 2.89. The van der Waals surface area contributed by atoms with Gasteiger partial charge in [-0.05, 0) is 37.8 Å². The minimum atomic E-state index is 0.0683. The molecule has 0 bridgehead atoms. The van der Waals surface area contributed by atoms with Crippen molar-refractivity contribution < 1.29 is 4.74 Å². The Hall–Kier alpha value is -2.11. The van der Waals surface area contributed by atoms with Crippen molar-refractivity contribution in [1.82, 2.24) is 14.8 Å². The Morgan fingerprint density at radius 3 is 2.80 bits per heavy atom. The van der Waals surface area contributed by atoms with Gasteiger partial charge in [-0.1, -0.05) is 41.9 Å². The van der Waals surface area contributed by atoms with Crippen LogP contribution >= 0.6 is 11.6 Å². The summed E-state index contributed by atoms with van der Waals surface area (Å²) in [5, 5.41) is 5.71. The van der Waals surface area contributed by atoms with Crippen LogP contribution in [0.5, 0.6) is 5.88 Å². The van der Waals surface area contributed by atoms with Crippen LogP contribution in [0.3, 0.4) is 0 Å². The van der Waals surface area contributed by atoms with Crippen LogP contribution in [-0.2, 0) is 6.54 Å². The van der Waals surface area contributed by atoms with Crippen molar-refractivity contribution >= 4 is 22.5 Å². The molecule has 25 heavy (non-hydrogen) atoms. The molecule has 132 valence electrons. The van der Waals surface area contributed by atoms with E-state index in [0.29, 0.717) is 17.6 Å². The van der Waals surface area contributed by atoms with Crippen molar-refractivity contribution in [2.45, 2.75) is 38.8 Å². The first-order valence-corrected chi connectivity index (χ1v) is 9.02. The van der Waals surface area contributed by atoms with Crippen LogP contribution in [0.4, 0.5) is 0 Å². The molecule has 0 aliphatic rings. The SMILES string of the molecule is CCn1ncc2cc(Cl)nc(OCCCCC(N)c3ccccc3)c21. The van der Waals surface area contributed by atoms with Crippen molar-refractivity contribution in [3.63, 3.8) is 0 Å². The molecule has 6 heteroatoms. The molecule has 0 aliphatic heterocycles. The van der Waals surface area contributed by atoms with E-state index in [2.05, 4.69) is 22.2 Å². The summed E-state index contributed by atoms with van der Waals surface area (Å²) in [6.07, 6.45) is 4.63. The van der Waals surface area contributed by atoms with E-state index in [-0.39, 0.29) is 6.04 Å². The molecule has 1 aromatic carbocycles. The number of halogens is 1. The van der Waals surface area contributed by atoms with Gasteiger partial charge in [0.1, 0.15) is 10.7 Å². The number of rotatable bonds is 8. The highest BCUT2D eigenvalue weighted by Gasteiger charge is 2.12. The second-order valence-electron chi connectivity index (χ2n) is 6.01. The Labute approximate surface area is 152 Å². The Morgan fingerprint density at radius 1 is 1.24 bits per heavy atom. The van der Waals surface area contributed by atoms with Gasteiger partial charge in [-0.3, -0.25) is 4.68 Å². The Kier molecular flexibility index (Phi) is 5.89. The molecule has 1 atom stereocenters. The van der Waals surface area contributed by atoms with Crippen LogP contribution in [0.15, 0.2) is 42.6 Å². The predicted octanol–water partition coefficient (Wildman–Crippen LogP) is 4.35. The third-order valence-electron chi connectivity index (χ3n) is 4.23. The van der Waals surface area contributed by atoms with E-state index in [0.717, 1.165) is 36.7 Å². The predicted molar refractivity (Wildman–Crippen MR) is 101 cm³/mol. The number of nitrogens with two attached hydrogens (primary N) is 1.